The summed E-state index contributed by atoms with van der Waals surface area (Å²) in [5.41, 5.74) is 3.50. The Morgan fingerprint density at radius 1 is 0.786 bits per heavy atom. The fraction of sp³-hybridized carbons (Fsp3) is 0. The van der Waals surface area contributed by atoms with Gasteiger partial charge in [0.05, 0.1) is 5.69 Å². The minimum atomic E-state index is 1.08. The van der Waals surface area contributed by atoms with Crippen LogP contribution in [0, 0.1) is 0 Å². The fourth-order valence-electron chi connectivity index (χ4n) is 1.43. The molecule has 2 aromatic rings. The first kappa shape index (κ1) is 9.28. The van der Waals surface area contributed by atoms with E-state index in [1.165, 1.54) is 11.1 Å². The van der Waals surface area contributed by atoms with Crippen LogP contribution in [0.2, 0.25) is 0 Å². The molecule has 0 saturated heterocycles. The first-order valence-corrected chi connectivity index (χ1v) is 5.22. The van der Waals surface area contributed by atoms with Gasteiger partial charge in [-0.1, -0.05) is 48.5 Å². The average Bonchev–Trinajstić information content (AvgIpc) is 2.30. The Balaban J connectivity index is 2.51. The first-order valence-electron chi connectivity index (χ1n) is 4.43. The summed E-state index contributed by atoms with van der Waals surface area (Å²) in [6.07, 6.45) is 0. The van der Waals surface area contributed by atoms with Gasteiger partial charge < -0.3 is 4.34 Å². The van der Waals surface area contributed by atoms with Gasteiger partial charge in [0.1, 0.15) is 0 Å². The SMILES string of the molecule is BrNc1ccccc1-c1ccccc1. The maximum Gasteiger partial charge on any atom is 0.0519 e. The molecular formula is C12H10BrN. The van der Waals surface area contributed by atoms with Crippen LogP contribution in [0.3, 0.4) is 0 Å². The van der Waals surface area contributed by atoms with Crippen LogP contribution in [0.25, 0.3) is 11.1 Å². The molecule has 2 aromatic carbocycles. The lowest BCUT2D eigenvalue weighted by molar-refractivity contribution is 1.61. The van der Waals surface area contributed by atoms with Crippen molar-refractivity contribution in [3.05, 3.63) is 54.6 Å². The Labute approximate surface area is 92.1 Å². The van der Waals surface area contributed by atoms with Crippen molar-refractivity contribution in [3.63, 3.8) is 0 Å². The van der Waals surface area contributed by atoms with Gasteiger partial charge >= 0.3 is 0 Å². The summed E-state index contributed by atoms with van der Waals surface area (Å²) in [7, 11) is 0. The minimum absolute atomic E-state index is 1.08. The highest BCUT2D eigenvalue weighted by molar-refractivity contribution is 9.10. The predicted octanol–water partition coefficient (Wildman–Crippen LogP) is 4.08. The molecular weight excluding hydrogens is 238 g/mol. The molecule has 1 nitrogen and oxygen atoms in total. The number of hydrogen-bond donors (Lipinski definition) is 1. The van der Waals surface area contributed by atoms with Crippen molar-refractivity contribution in [2.75, 3.05) is 4.34 Å². The molecule has 14 heavy (non-hydrogen) atoms. The van der Waals surface area contributed by atoms with Crippen molar-refractivity contribution >= 4 is 21.8 Å². The van der Waals surface area contributed by atoms with E-state index in [1.54, 1.807) is 0 Å². The second kappa shape index (κ2) is 4.29. The Bertz CT molecular complexity index is 412. The molecule has 0 aliphatic carbocycles. The van der Waals surface area contributed by atoms with E-state index in [0.717, 1.165) is 5.69 Å². The second-order valence-corrected chi connectivity index (χ2v) is 3.40. The summed E-state index contributed by atoms with van der Waals surface area (Å²) in [5.74, 6) is 0. The Morgan fingerprint density at radius 2 is 1.43 bits per heavy atom. The normalized spacial score (nSPS) is 9.79. The van der Waals surface area contributed by atoms with Crippen LogP contribution in [-0.2, 0) is 0 Å². The summed E-state index contributed by atoms with van der Waals surface area (Å²) >= 11 is 3.26. The minimum Gasteiger partial charge on any atom is -0.322 e. The molecule has 2 rings (SSSR count). The van der Waals surface area contributed by atoms with Crippen LogP contribution < -0.4 is 4.34 Å². The van der Waals surface area contributed by atoms with Crippen molar-refractivity contribution in [1.82, 2.24) is 0 Å². The second-order valence-electron chi connectivity index (χ2n) is 3.01. The van der Waals surface area contributed by atoms with E-state index in [-0.39, 0.29) is 0 Å². The van der Waals surface area contributed by atoms with Crippen molar-refractivity contribution < 1.29 is 0 Å². The van der Waals surface area contributed by atoms with Crippen molar-refractivity contribution in [2.24, 2.45) is 0 Å². The van der Waals surface area contributed by atoms with Gasteiger partial charge in [-0.15, -0.1) is 0 Å². The summed E-state index contributed by atoms with van der Waals surface area (Å²) in [6, 6.07) is 18.5. The van der Waals surface area contributed by atoms with Gasteiger partial charge in [-0.2, -0.15) is 0 Å². The highest BCUT2D eigenvalue weighted by Crippen LogP contribution is 2.27. The zero-order chi connectivity index (χ0) is 9.80. The van der Waals surface area contributed by atoms with Gasteiger partial charge in [0, 0.05) is 21.7 Å². The molecule has 2 heteroatoms. The number of rotatable bonds is 2. The summed E-state index contributed by atoms with van der Waals surface area (Å²) < 4.78 is 3.01. The summed E-state index contributed by atoms with van der Waals surface area (Å²) in [4.78, 5) is 0. The highest BCUT2D eigenvalue weighted by atomic mass is 79.9. The molecule has 0 unspecified atom stereocenters. The largest absolute Gasteiger partial charge is 0.322 e. The van der Waals surface area contributed by atoms with Crippen LogP contribution in [0.5, 0.6) is 0 Å². The van der Waals surface area contributed by atoms with Gasteiger partial charge in [-0.05, 0) is 11.6 Å². The number of halogens is 1. The van der Waals surface area contributed by atoms with E-state index >= 15 is 0 Å². The molecule has 0 spiro atoms. The lowest BCUT2D eigenvalue weighted by atomic mass is 10.0. The number of para-hydroxylation sites is 1. The predicted molar refractivity (Wildman–Crippen MR) is 64.4 cm³/mol. The van der Waals surface area contributed by atoms with Crippen LogP contribution in [0.1, 0.15) is 0 Å². The third-order valence-electron chi connectivity index (χ3n) is 2.11. The number of hydrogen-bond acceptors (Lipinski definition) is 1. The van der Waals surface area contributed by atoms with Crippen LogP contribution in [-0.4, -0.2) is 0 Å². The number of benzene rings is 2. The van der Waals surface area contributed by atoms with E-state index in [0.29, 0.717) is 0 Å². The molecule has 0 aromatic heterocycles. The van der Waals surface area contributed by atoms with Gasteiger partial charge in [0.15, 0.2) is 0 Å². The van der Waals surface area contributed by atoms with Gasteiger partial charge in [0.25, 0.3) is 0 Å². The van der Waals surface area contributed by atoms with Crippen molar-refractivity contribution in [2.45, 2.75) is 0 Å². The van der Waals surface area contributed by atoms with Crippen LogP contribution in [0.4, 0.5) is 5.69 Å². The molecule has 0 fully saturated rings. The third-order valence-corrected chi connectivity index (χ3v) is 2.54. The van der Waals surface area contributed by atoms with Crippen molar-refractivity contribution in [1.29, 1.82) is 0 Å². The van der Waals surface area contributed by atoms with Crippen LogP contribution >= 0.6 is 16.1 Å². The number of anilines is 1. The molecule has 0 aliphatic heterocycles. The quantitative estimate of drug-likeness (QED) is 0.789. The standard InChI is InChI=1S/C12H10BrN/c13-14-12-9-5-4-8-11(12)10-6-2-1-3-7-10/h1-9,14H. The smallest absolute Gasteiger partial charge is 0.0519 e. The molecule has 0 aliphatic rings. The molecule has 70 valence electrons. The molecule has 0 amide bonds. The zero-order valence-electron chi connectivity index (χ0n) is 7.57. The van der Waals surface area contributed by atoms with Crippen molar-refractivity contribution in [3.8, 4) is 11.1 Å². The fourth-order valence-corrected chi connectivity index (χ4v) is 1.78. The highest BCUT2D eigenvalue weighted by Gasteiger charge is 2.01. The lowest BCUT2D eigenvalue weighted by Gasteiger charge is -2.07. The first-order chi connectivity index (χ1) is 6.92. The van der Waals surface area contributed by atoms with E-state index in [9.17, 15) is 0 Å². The van der Waals surface area contributed by atoms with Gasteiger partial charge in [-0.3, -0.25) is 0 Å². The van der Waals surface area contributed by atoms with E-state index in [4.69, 9.17) is 0 Å². The Morgan fingerprint density at radius 3 is 2.14 bits per heavy atom. The van der Waals surface area contributed by atoms with Crippen LogP contribution in [0.15, 0.2) is 54.6 Å². The molecule has 0 saturated carbocycles. The summed E-state index contributed by atoms with van der Waals surface area (Å²) in [5, 5.41) is 0. The molecule has 0 radical (unpaired) electrons. The van der Waals surface area contributed by atoms with E-state index in [2.05, 4.69) is 38.7 Å². The van der Waals surface area contributed by atoms with Gasteiger partial charge in [0.2, 0.25) is 0 Å². The maximum atomic E-state index is 3.26. The van der Waals surface area contributed by atoms with Gasteiger partial charge in [-0.25, -0.2) is 0 Å². The third kappa shape index (κ3) is 1.80. The Kier molecular flexibility index (Phi) is 2.84. The van der Waals surface area contributed by atoms with E-state index in [1.807, 2.05) is 36.4 Å². The topological polar surface area (TPSA) is 12.0 Å². The number of nitrogens with one attached hydrogen (secondary N) is 1. The van der Waals surface area contributed by atoms with E-state index < -0.39 is 0 Å². The summed E-state index contributed by atoms with van der Waals surface area (Å²) in [6.45, 7) is 0. The molecule has 0 atom stereocenters. The molecule has 0 bridgehead atoms. The maximum absolute atomic E-state index is 3.26. The zero-order valence-corrected chi connectivity index (χ0v) is 9.16. The average molecular weight is 248 g/mol. The molecule has 1 N–H and O–H groups in total. The lowest BCUT2D eigenvalue weighted by Crippen LogP contribution is -1.84. The monoisotopic (exact) mass is 247 g/mol. The Hall–Kier alpha value is -1.28. The molecule has 0 heterocycles.